The molecule has 140 valence electrons. The third kappa shape index (κ3) is 4.88. The summed E-state index contributed by atoms with van der Waals surface area (Å²) >= 11 is 0. The zero-order chi connectivity index (χ0) is 19.0. The number of ether oxygens (including phenoxy) is 1. The molecule has 0 aliphatic rings. The maximum absolute atomic E-state index is 5.81. The normalized spacial score (nSPS) is 10.4. The van der Waals surface area contributed by atoms with Gasteiger partial charge in [0.15, 0.2) is 0 Å². The summed E-state index contributed by atoms with van der Waals surface area (Å²) in [6, 6.07) is 23.5. The van der Waals surface area contributed by atoms with E-state index in [2.05, 4.69) is 20.6 Å². The van der Waals surface area contributed by atoms with Crippen LogP contribution in [0.5, 0.6) is 5.75 Å². The second kappa shape index (κ2) is 8.73. The van der Waals surface area contributed by atoms with Gasteiger partial charge in [0, 0.05) is 11.8 Å². The van der Waals surface area contributed by atoms with Gasteiger partial charge in [-0.25, -0.2) is 9.97 Å². The van der Waals surface area contributed by atoms with Gasteiger partial charge in [-0.15, -0.1) is 0 Å². The first-order chi connectivity index (χ1) is 13.8. The smallest absolute Gasteiger partial charge is 0.135 e. The zero-order valence-electron chi connectivity index (χ0n) is 15.2. The van der Waals surface area contributed by atoms with Gasteiger partial charge in [0.2, 0.25) is 0 Å². The number of rotatable bonds is 8. The van der Waals surface area contributed by atoms with E-state index in [9.17, 15) is 0 Å². The SMILES string of the molecule is c1ccc(COc2ccc(Nc3cc(NCc4ccco4)ncn3)cc2)cc1. The lowest BCUT2D eigenvalue weighted by Gasteiger charge is -2.10. The highest BCUT2D eigenvalue weighted by Gasteiger charge is 2.02. The van der Waals surface area contributed by atoms with Gasteiger partial charge in [0.25, 0.3) is 0 Å². The lowest BCUT2D eigenvalue weighted by Crippen LogP contribution is -2.02. The summed E-state index contributed by atoms with van der Waals surface area (Å²) < 4.78 is 11.1. The number of anilines is 3. The predicted octanol–water partition coefficient (Wildman–Crippen LogP) is 5.00. The van der Waals surface area contributed by atoms with E-state index in [1.807, 2.05) is 72.8 Å². The van der Waals surface area contributed by atoms with Crippen molar-refractivity contribution < 1.29 is 9.15 Å². The van der Waals surface area contributed by atoms with E-state index < -0.39 is 0 Å². The Morgan fingerprint density at radius 2 is 1.68 bits per heavy atom. The van der Waals surface area contributed by atoms with Crippen LogP contribution >= 0.6 is 0 Å². The lowest BCUT2D eigenvalue weighted by molar-refractivity contribution is 0.306. The number of furan rings is 1. The van der Waals surface area contributed by atoms with Crippen molar-refractivity contribution >= 4 is 17.3 Å². The third-order valence-electron chi connectivity index (χ3n) is 4.07. The summed E-state index contributed by atoms with van der Waals surface area (Å²) in [5.74, 6) is 3.09. The molecule has 6 heteroatoms. The van der Waals surface area contributed by atoms with E-state index >= 15 is 0 Å². The predicted molar refractivity (Wildman–Crippen MR) is 109 cm³/mol. The van der Waals surface area contributed by atoms with Crippen LogP contribution in [0.2, 0.25) is 0 Å². The van der Waals surface area contributed by atoms with Gasteiger partial charge in [0.1, 0.15) is 36.1 Å². The maximum atomic E-state index is 5.81. The van der Waals surface area contributed by atoms with Crippen molar-refractivity contribution in [3.05, 3.63) is 96.7 Å². The van der Waals surface area contributed by atoms with Crippen LogP contribution in [0.25, 0.3) is 0 Å². The molecule has 0 saturated heterocycles. The number of aromatic nitrogens is 2. The van der Waals surface area contributed by atoms with Gasteiger partial charge in [-0.2, -0.15) is 0 Å². The molecule has 2 heterocycles. The molecule has 0 fully saturated rings. The lowest BCUT2D eigenvalue weighted by atomic mass is 10.2. The fourth-order valence-electron chi connectivity index (χ4n) is 2.64. The molecule has 0 spiro atoms. The van der Waals surface area contributed by atoms with Crippen LogP contribution in [-0.2, 0) is 13.2 Å². The molecule has 28 heavy (non-hydrogen) atoms. The summed E-state index contributed by atoms with van der Waals surface area (Å²) in [6.07, 6.45) is 3.17. The molecular formula is C22H20N4O2. The maximum Gasteiger partial charge on any atom is 0.135 e. The van der Waals surface area contributed by atoms with E-state index in [1.165, 1.54) is 6.33 Å². The van der Waals surface area contributed by atoms with Crippen LogP contribution in [-0.4, -0.2) is 9.97 Å². The van der Waals surface area contributed by atoms with Gasteiger partial charge >= 0.3 is 0 Å². The van der Waals surface area contributed by atoms with Crippen LogP contribution in [0, 0.1) is 0 Å². The molecule has 0 radical (unpaired) electrons. The molecule has 0 saturated carbocycles. The molecule has 0 atom stereocenters. The highest BCUT2D eigenvalue weighted by molar-refractivity contribution is 5.59. The minimum atomic E-state index is 0.546. The van der Waals surface area contributed by atoms with Gasteiger partial charge in [-0.1, -0.05) is 30.3 Å². The molecular weight excluding hydrogens is 352 g/mol. The Kier molecular flexibility index (Phi) is 5.49. The van der Waals surface area contributed by atoms with Gasteiger partial charge in [0.05, 0.1) is 12.8 Å². The molecule has 2 aromatic carbocycles. The standard InChI is InChI=1S/C22H20N4O2/c1-2-5-17(6-3-1)15-28-19-10-8-18(9-11-19)26-22-13-21(24-16-25-22)23-14-20-7-4-12-27-20/h1-13,16H,14-15H2,(H2,23,24,25,26). The minimum Gasteiger partial charge on any atom is -0.489 e. The Morgan fingerprint density at radius 1 is 0.857 bits per heavy atom. The largest absolute Gasteiger partial charge is 0.489 e. The summed E-state index contributed by atoms with van der Waals surface area (Å²) in [5, 5.41) is 6.48. The number of nitrogens with one attached hydrogen (secondary N) is 2. The Labute approximate surface area is 163 Å². The van der Waals surface area contributed by atoms with E-state index in [0.29, 0.717) is 19.0 Å². The van der Waals surface area contributed by atoms with E-state index in [4.69, 9.17) is 9.15 Å². The van der Waals surface area contributed by atoms with Crippen LogP contribution in [0.15, 0.2) is 89.8 Å². The Balaban J connectivity index is 1.33. The molecule has 0 unspecified atom stereocenters. The first-order valence-corrected chi connectivity index (χ1v) is 8.97. The second-order valence-electron chi connectivity index (χ2n) is 6.15. The number of benzene rings is 2. The van der Waals surface area contributed by atoms with Crippen LogP contribution < -0.4 is 15.4 Å². The first-order valence-electron chi connectivity index (χ1n) is 8.97. The molecule has 2 N–H and O–H groups in total. The quantitative estimate of drug-likeness (QED) is 0.453. The fourth-order valence-corrected chi connectivity index (χ4v) is 2.64. The second-order valence-corrected chi connectivity index (χ2v) is 6.15. The van der Waals surface area contributed by atoms with E-state index in [0.717, 1.165) is 28.6 Å². The summed E-state index contributed by atoms with van der Waals surface area (Å²) in [4.78, 5) is 8.49. The van der Waals surface area contributed by atoms with Crippen molar-refractivity contribution in [2.24, 2.45) is 0 Å². The topological polar surface area (TPSA) is 72.2 Å². The summed E-state index contributed by atoms with van der Waals surface area (Å²) in [5.41, 5.74) is 2.06. The van der Waals surface area contributed by atoms with Crippen LogP contribution in [0.1, 0.15) is 11.3 Å². The van der Waals surface area contributed by atoms with Crippen molar-refractivity contribution in [1.82, 2.24) is 9.97 Å². The fraction of sp³-hybridized carbons (Fsp3) is 0.0909. The van der Waals surface area contributed by atoms with E-state index in [1.54, 1.807) is 6.26 Å². The van der Waals surface area contributed by atoms with Crippen molar-refractivity contribution in [3.8, 4) is 5.75 Å². The molecule has 0 amide bonds. The average Bonchev–Trinajstić information content (AvgIpc) is 3.27. The van der Waals surface area contributed by atoms with Crippen molar-refractivity contribution in [3.63, 3.8) is 0 Å². The molecule has 4 aromatic rings. The number of hydrogen-bond acceptors (Lipinski definition) is 6. The van der Waals surface area contributed by atoms with Crippen molar-refractivity contribution in [1.29, 1.82) is 0 Å². The minimum absolute atomic E-state index is 0.546. The van der Waals surface area contributed by atoms with Gasteiger partial charge in [-0.05, 0) is 42.0 Å². The average molecular weight is 372 g/mol. The van der Waals surface area contributed by atoms with Gasteiger partial charge in [-0.3, -0.25) is 0 Å². The first kappa shape index (κ1) is 17.6. The van der Waals surface area contributed by atoms with Crippen molar-refractivity contribution in [2.45, 2.75) is 13.2 Å². The molecule has 0 aliphatic heterocycles. The third-order valence-corrected chi connectivity index (χ3v) is 4.07. The molecule has 4 rings (SSSR count). The molecule has 0 bridgehead atoms. The zero-order valence-corrected chi connectivity index (χ0v) is 15.2. The summed E-state index contributed by atoms with van der Waals surface area (Å²) in [7, 11) is 0. The number of hydrogen-bond donors (Lipinski definition) is 2. The molecule has 6 nitrogen and oxygen atoms in total. The van der Waals surface area contributed by atoms with E-state index in [-0.39, 0.29) is 0 Å². The van der Waals surface area contributed by atoms with Crippen LogP contribution in [0.3, 0.4) is 0 Å². The highest BCUT2D eigenvalue weighted by atomic mass is 16.5. The Hall–Kier alpha value is -3.80. The van der Waals surface area contributed by atoms with Crippen LogP contribution in [0.4, 0.5) is 17.3 Å². The molecule has 0 aliphatic carbocycles. The number of nitrogens with zero attached hydrogens (tertiary/aromatic N) is 2. The monoisotopic (exact) mass is 372 g/mol. The van der Waals surface area contributed by atoms with Crippen molar-refractivity contribution in [2.75, 3.05) is 10.6 Å². The Bertz CT molecular complexity index is 987. The Morgan fingerprint density at radius 3 is 2.46 bits per heavy atom. The highest BCUT2D eigenvalue weighted by Crippen LogP contribution is 2.21. The molecule has 2 aromatic heterocycles. The van der Waals surface area contributed by atoms with Gasteiger partial charge < -0.3 is 19.8 Å². The summed E-state index contributed by atoms with van der Waals surface area (Å²) in [6.45, 7) is 1.11.